The number of aryl methyl sites for hydroxylation is 2. The van der Waals surface area contributed by atoms with Gasteiger partial charge in [-0.25, -0.2) is 0 Å². The molecule has 5 nitrogen and oxygen atoms in total. The second-order valence-electron chi connectivity index (χ2n) is 3.77. The van der Waals surface area contributed by atoms with Gasteiger partial charge in [-0.15, -0.1) is 0 Å². The van der Waals surface area contributed by atoms with E-state index >= 15 is 0 Å². The number of anilines is 3. The van der Waals surface area contributed by atoms with Gasteiger partial charge in [-0.05, 0) is 26.0 Å². The molecule has 1 aromatic carbocycles. The van der Waals surface area contributed by atoms with Crippen molar-refractivity contribution in [2.24, 2.45) is 0 Å². The minimum absolute atomic E-state index is 0.547. The number of rotatable bonds is 3. The Morgan fingerprint density at radius 1 is 0.882 bits per heavy atom. The van der Waals surface area contributed by atoms with Gasteiger partial charge in [0.1, 0.15) is 5.82 Å². The van der Waals surface area contributed by atoms with E-state index in [1.807, 2.05) is 31.2 Å². The summed E-state index contributed by atoms with van der Waals surface area (Å²) in [5, 5.41) is 6.05. The maximum atomic E-state index is 4.23. The summed E-state index contributed by atoms with van der Waals surface area (Å²) in [6.07, 6.45) is 0. The molecule has 0 bridgehead atoms. The van der Waals surface area contributed by atoms with Gasteiger partial charge >= 0.3 is 0 Å². The zero-order valence-electron chi connectivity index (χ0n) is 10.2. The monoisotopic (exact) mass is 229 g/mol. The molecule has 0 unspecified atom stereocenters. The largest absolute Gasteiger partial charge is 0.357 e. The zero-order valence-corrected chi connectivity index (χ0v) is 10.2. The van der Waals surface area contributed by atoms with Gasteiger partial charge in [0.15, 0.2) is 0 Å². The highest BCUT2D eigenvalue weighted by molar-refractivity contribution is 5.54. The molecule has 5 heteroatoms. The number of benzene rings is 1. The summed E-state index contributed by atoms with van der Waals surface area (Å²) in [5.74, 6) is 1.79. The molecule has 0 amide bonds. The van der Waals surface area contributed by atoms with Crippen LogP contribution < -0.4 is 10.6 Å². The maximum absolute atomic E-state index is 4.23. The molecule has 88 valence electrons. The van der Waals surface area contributed by atoms with Gasteiger partial charge in [0.05, 0.1) is 0 Å². The van der Waals surface area contributed by atoms with Crippen LogP contribution in [0.5, 0.6) is 0 Å². The SMILES string of the molecule is CNc1nc(C)nc(Nc2ccc(C)cc2)n1. The Kier molecular flexibility index (Phi) is 3.18. The van der Waals surface area contributed by atoms with Crippen LogP contribution in [0, 0.1) is 13.8 Å². The van der Waals surface area contributed by atoms with Crippen molar-refractivity contribution in [3.63, 3.8) is 0 Å². The summed E-state index contributed by atoms with van der Waals surface area (Å²) in [6.45, 7) is 3.89. The maximum Gasteiger partial charge on any atom is 0.232 e. The fourth-order valence-corrected chi connectivity index (χ4v) is 1.42. The van der Waals surface area contributed by atoms with E-state index in [0.29, 0.717) is 17.7 Å². The Labute approximate surface area is 100 Å². The summed E-state index contributed by atoms with van der Waals surface area (Å²) in [7, 11) is 1.78. The van der Waals surface area contributed by atoms with Crippen LogP contribution in [0.15, 0.2) is 24.3 Å². The standard InChI is InChI=1S/C12H15N5/c1-8-4-6-10(7-5-8)16-12-15-9(2)14-11(13-3)17-12/h4-7H,1-3H3,(H2,13,14,15,16,17). The average molecular weight is 229 g/mol. The minimum Gasteiger partial charge on any atom is -0.357 e. The number of aromatic nitrogens is 3. The van der Waals surface area contributed by atoms with Gasteiger partial charge in [-0.1, -0.05) is 17.7 Å². The van der Waals surface area contributed by atoms with Crippen molar-refractivity contribution >= 4 is 17.6 Å². The normalized spacial score (nSPS) is 10.1. The van der Waals surface area contributed by atoms with Crippen molar-refractivity contribution in [1.82, 2.24) is 15.0 Å². The van der Waals surface area contributed by atoms with E-state index in [4.69, 9.17) is 0 Å². The summed E-state index contributed by atoms with van der Waals surface area (Å²) in [6, 6.07) is 8.06. The molecule has 0 fully saturated rings. The highest BCUT2D eigenvalue weighted by Gasteiger charge is 2.02. The van der Waals surface area contributed by atoms with Gasteiger partial charge in [0.25, 0.3) is 0 Å². The van der Waals surface area contributed by atoms with Crippen LogP contribution in [0.25, 0.3) is 0 Å². The van der Waals surface area contributed by atoms with Crippen molar-refractivity contribution < 1.29 is 0 Å². The molecule has 0 saturated carbocycles. The fourth-order valence-electron chi connectivity index (χ4n) is 1.42. The van der Waals surface area contributed by atoms with Gasteiger partial charge in [0.2, 0.25) is 11.9 Å². The van der Waals surface area contributed by atoms with E-state index in [2.05, 4.69) is 32.5 Å². The van der Waals surface area contributed by atoms with Gasteiger partial charge in [-0.2, -0.15) is 15.0 Å². The molecule has 0 aliphatic carbocycles. The Morgan fingerprint density at radius 2 is 1.53 bits per heavy atom. The van der Waals surface area contributed by atoms with Crippen molar-refractivity contribution in [2.45, 2.75) is 13.8 Å². The molecule has 2 N–H and O–H groups in total. The predicted octanol–water partition coefficient (Wildman–Crippen LogP) is 2.27. The first kappa shape index (κ1) is 11.3. The van der Waals surface area contributed by atoms with Crippen LogP contribution in [0.2, 0.25) is 0 Å². The van der Waals surface area contributed by atoms with Crippen molar-refractivity contribution in [3.05, 3.63) is 35.7 Å². The van der Waals surface area contributed by atoms with Crippen LogP contribution in [0.3, 0.4) is 0 Å². The smallest absolute Gasteiger partial charge is 0.232 e. The Balaban J connectivity index is 2.23. The van der Waals surface area contributed by atoms with E-state index < -0.39 is 0 Å². The first-order valence-electron chi connectivity index (χ1n) is 5.41. The lowest BCUT2D eigenvalue weighted by atomic mass is 10.2. The fraction of sp³-hybridized carbons (Fsp3) is 0.250. The highest BCUT2D eigenvalue weighted by Crippen LogP contribution is 2.14. The van der Waals surface area contributed by atoms with Gasteiger partial charge < -0.3 is 10.6 Å². The summed E-state index contributed by atoms with van der Waals surface area (Å²) < 4.78 is 0. The number of nitrogens with zero attached hydrogens (tertiary/aromatic N) is 3. The van der Waals surface area contributed by atoms with Crippen molar-refractivity contribution in [2.75, 3.05) is 17.7 Å². The van der Waals surface area contributed by atoms with E-state index in [0.717, 1.165) is 5.69 Å². The number of hydrogen-bond acceptors (Lipinski definition) is 5. The van der Waals surface area contributed by atoms with E-state index in [1.54, 1.807) is 7.05 Å². The molecule has 0 saturated heterocycles. The van der Waals surface area contributed by atoms with E-state index in [1.165, 1.54) is 5.56 Å². The second kappa shape index (κ2) is 4.78. The van der Waals surface area contributed by atoms with Gasteiger partial charge in [-0.3, -0.25) is 0 Å². The first-order chi connectivity index (χ1) is 8.17. The molecule has 0 atom stereocenters. The molecule has 0 aliphatic rings. The minimum atomic E-state index is 0.547. The quantitative estimate of drug-likeness (QED) is 0.845. The molecule has 2 aromatic rings. The topological polar surface area (TPSA) is 62.7 Å². The highest BCUT2D eigenvalue weighted by atomic mass is 15.2. The molecule has 0 radical (unpaired) electrons. The lowest BCUT2D eigenvalue weighted by molar-refractivity contribution is 0.984. The van der Waals surface area contributed by atoms with Gasteiger partial charge in [0, 0.05) is 12.7 Å². The summed E-state index contributed by atoms with van der Waals surface area (Å²) in [4.78, 5) is 12.6. The zero-order chi connectivity index (χ0) is 12.3. The molecule has 0 spiro atoms. The summed E-state index contributed by atoms with van der Waals surface area (Å²) in [5.41, 5.74) is 2.18. The number of hydrogen-bond donors (Lipinski definition) is 2. The molecular weight excluding hydrogens is 214 g/mol. The molecule has 1 aromatic heterocycles. The summed E-state index contributed by atoms with van der Waals surface area (Å²) >= 11 is 0. The Bertz CT molecular complexity index is 507. The second-order valence-corrected chi connectivity index (χ2v) is 3.77. The van der Waals surface area contributed by atoms with Crippen LogP contribution in [-0.4, -0.2) is 22.0 Å². The van der Waals surface area contributed by atoms with E-state index in [-0.39, 0.29) is 0 Å². The lowest BCUT2D eigenvalue weighted by Gasteiger charge is -2.07. The number of nitrogens with one attached hydrogen (secondary N) is 2. The van der Waals surface area contributed by atoms with Crippen LogP contribution in [0.4, 0.5) is 17.6 Å². The van der Waals surface area contributed by atoms with Crippen LogP contribution >= 0.6 is 0 Å². The van der Waals surface area contributed by atoms with E-state index in [9.17, 15) is 0 Å². The molecule has 1 heterocycles. The molecule has 0 aliphatic heterocycles. The lowest BCUT2D eigenvalue weighted by Crippen LogP contribution is -2.05. The molecule has 17 heavy (non-hydrogen) atoms. The Hall–Kier alpha value is -2.17. The van der Waals surface area contributed by atoms with Crippen molar-refractivity contribution in [1.29, 1.82) is 0 Å². The molecular formula is C12H15N5. The first-order valence-corrected chi connectivity index (χ1v) is 5.41. The predicted molar refractivity (Wildman–Crippen MR) is 68.6 cm³/mol. The molecule has 2 rings (SSSR count). The third kappa shape index (κ3) is 2.90. The van der Waals surface area contributed by atoms with Crippen molar-refractivity contribution in [3.8, 4) is 0 Å². The third-order valence-electron chi connectivity index (χ3n) is 2.28. The Morgan fingerprint density at radius 3 is 2.18 bits per heavy atom. The third-order valence-corrected chi connectivity index (χ3v) is 2.28. The average Bonchev–Trinajstić information content (AvgIpc) is 2.31. The van der Waals surface area contributed by atoms with Crippen LogP contribution in [-0.2, 0) is 0 Å². The van der Waals surface area contributed by atoms with Crippen LogP contribution in [0.1, 0.15) is 11.4 Å².